The molecule has 0 aliphatic carbocycles. The molecule has 8 nitrogen and oxygen atoms in total. The van der Waals surface area contributed by atoms with Gasteiger partial charge in [0.1, 0.15) is 4.83 Å². The first-order valence-corrected chi connectivity index (χ1v) is 12.1. The van der Waals surface area contributed by atoms with E-state index in [1.54, 1.807) is 17.6 Å². The van der Waals surface area contributed by atoms with Gasteiger partial charge >= 0.3 is 12.0 Å². The monoisotopic (exact) mass is 482 g/mol. The van der Waals surface area contributed by atoms with Gasteiger partial charge in [-0.25, -0.2) is 14.6 Å². The second-order valence-corrected chi connectivity index (χ2v) is 8.87. The molecule has 0 bridgehead atoms. The Labute approximate surface area is 198 Å². The van der Waals surface area contributed by atoms with E-state index >= 15 is 0 Å². The SMILES string of the molecule is C=CCn1c(SCC2=C(C(=O)OCC)CNC(=O)N2)nc2scc(-c3ccccc3)c2c1=O. The molecule has 10 heteroatoms. The van der Waals surface area contributed by atoms with Crippen LogP contribution in [0.25, 0.3) is 21.3 Å². The van der Waals surface area contributed by atoms with Gasteiger partial charge in [0.15, 0.2) is 5.16 Å². The van der Waals surface area contributed by atoms with Gasteiger partial charge in [-0.1, -0.05) is 48.2 Å². The molecule has 0 saturated carbocycles. The van der Waals surface area contributed by atoms with E-state index in [1.165, 1.54) is 23.1 Å². The molecule has 3 heterocycles. The summed E-state index contributed by atoms with van der Waals surface area (Å²) in [6.07, 6.45) is 1.64. The Hall–Kier alpha value is -3.37. The van der Waals surface area contributed by atoms with Gasteiger partial charge in [-0.3, -0.25) is 9.36 Å². The van der Waals surface area contributed by atoms with Crippen LogP contribution in [0.15, 0.2) is 69.6 Å². The van der Waals surface area contributed by atoms with E-state index in [1.807, 2.05) is 35.7 Å². The fourth-order valence-corrected chi connectivity index (χ4v) is 5.43. The minimum Gasteiger partial charge on any atom is -0.463 e. The van der Waals surface area contributed by atoms with E-state index in [2.05, 4.69) is 17.2 Å². The van der Waals surface area contributed by atoms with Gasteiger partial charge in [-0.05, 0) is 12.5 Å². The molecule has 170 valence electrons. The smallest absolute Gasteiger partial charge is 0.337 e. The molecule has 4 rings (SSSR count). The number of benzene rings is 1. The highest BCUT2D eigenvalue weighted by atomic mass is 32.2. The lowest BCUT2D eigenvalue weighted by Crippen LogP contribution is -2.44. The number of urea groups is 1. The molecular weight excluding hydrogens is 460 g/mol. The van der Waals surface area contributed by atoms with Gasteiger partial charge in [0.05, 0.1) is 24.1 Å². The van der Waals surface area contributed by atoms with Crippen LogP contribution >= 0.6 is 23.1 Å². The Morgan fingerprint density at radius 1 is 1.33 bits per heavy atom. The molecule has 0 fully saturated rings. The van der Waals surface area contributed by atoms with Gasteiger partial charge in [-0.15, -0.1) is 17.9 Å². The third-order valence-electron chi connectivity index (χ3n) is 4.98. The number of nitrogens with zero attached hydrogens (tertiary/aromatic N) is 2. The van der Waals surface area contributed by atoms with Crippen LogP contribution in [-0.2, 0) is 16.1 Å². The number of hydrogen-bond donors (Lipinski definition) is 2. The number of thioether (sulfide) groups is 1. The molecule has 2 amide bonds. The summed E-state index contributed by atoms with van der Waals surface area (Å²) in [7, 11) is 0. The third kappa shape index (κ3) is 4.71. The lowest BCUT2D eigenvalue weighted by atomic mass is 10.1. The summed E-state index contributed by atoms with van der Waals surface area (Å²) in [5.41, 5.74) is 2.44. The topological polar surface area (TPSA) is 102 Å². The van der Waals surface area contributed by atoms with Crippen LogP contribution in [0.1, 0.15) is 6.92 Å². The Morgan fingerprint density at radius 2 is 2.12 bits per heavy atom. The van der Waals surface area contributed by atoms with Crippen molar-refractivity contribution in [3.05, 3.63) is 70.0 Å². The second-order valence-electron chi connectivity index (χ2n) is 7.07. The average molecular weight is 483 g/mol. The minimum absolute atomic E-state index is 0.0812. The fraction of sp³-hybridized carbons (Fsp3) is 0.217. The number of rotatable bonds is 8. The van der Waals surface area contributed by atoms with Gasteiger partial charge in [0.25, 0.3) is 5.56 Å². The van der Waals surface area contributed by atoms with Crippen LogP contribution in [0, 0.1) is 0 Å². The first-order valence-electron chi connectivity index (χ1n) is 10.3. The van der Waals surface area contributed by atoms with Crippen molar-refractivity contribution >= 4 is 45.3 Å². The quantitative estimate of drug-likeness (QED) is 0.220. The van der Waals surface area contributed by atoms with Crippen LogP contribution in [0.4, 0.5) is 4.79 Å². The summed E-state index contributed by atoms with van der Waals surface area (Å²) in [5.74, 6) is -0.244. The van der Waals surface area contributed by atoms with Crippen LogP contribution in [0.5, 0.6) is 0 Å². The lowest BCUT2D eigenvalue weighted by molar-refractivity contribution is -0.138. The first-order chi connectivity index (χ1) is 16.0. The Balaban J connectivity index is 1.72. The van der Waals surface area contributed by atoms with Crippen LogP contribution in [0.3, 0.4) is 0 Å². The molecule has 0 saturated heterocycles. The predicted octanol–water partition coefficient (Wildman–Crippen LogP) is 3.53. The molecule has 0 radical (unpaired) electrons. The first kappa shape index (κ1) is 22.8. The summed E-state index contributed by atoms with van der Waals surface area (Å²) in [4.78, 5) is 43.0. The number of allylic oxidation sites excluding steroid dienone is 1. The predicted molar refractivity (Wildman–Crippen MR) is 130 cm³/mol. The zero-order chi connectivity index (χ0) is 23.4. The molecule has 1 aromatic carbocycles. The van der Waals surface area contributed by atoms with E-state index in [-0.39, 0.29) is 31.0 Å². The largest absolute Gasteiger partial charge is 0.463 e. The summed E-state index contributed by atoms with van der Waals surface area (Å²) in [5, 5.41) is 8.25. The van der Waals surface area contributed by atoms with E-state index in [0.717, 1.165) is 11.1 Å². The van der Waals surface area contributed by atoms with Gasteiger partial charge in [0.2, 0.25) is 0 Å². The van der Waals surface area contributed by atoms with E-state index in [4.69, 9.17) is 9.72 Å². The molecule has 1 aliphatic heterocycles. The average Bonchev–Trinajstić information content (AvgIpc) is 3.25. The number of esters is 1. The van der Waals surface area contributed by atoms with E-state index < -0.39 is 12.0 Å². The van der Waals surface area contributed by atoms with Crippen LogP contribution < -0.4 is 16.2 Å². The number of carbonyl (C=O) groups is 2. The Kier molecular flexibility index (Phi) is 6.95. The van der Waals surface area contributed by atoms with Crippen LogP contribution in [0.2, 0.25) is 0 Å². The molecular formula is C23H22N4O4S2. The fourth-order valence-electron chi connectivity index (χ4n) is 3.44. The molecule has 0 atom stereocenters. The highest BCUT2D eigenvalue weighted by Gasteiger charge is 2.24. The number of fused-ring (bicyclic) bond motifs is 1. The lowest BCUT2D eigenvalue weighted by Gasteiger charge is -2.21. The summed E-state index contributed by atoms with van der Waals surface area (Å²) < 4.78 is 6.67. The summed E-state index contributed by atoms with van der Waals surface area (Å²) in [6, 6.07) is 9.33. The number of hydrogen-bond acceptors (Lipinski definition) is 7. The molecule has 0 unspecified atom stereocenters. The van der Waals surface area contributed by atoms with Crippen LogP contribution in [-0.4, -0.2) is 40.5 Å². The molecule has 33 heavy (non-hydrogen) atoms. The highest BCUT2D eigenvalue weighted by molar-refractivity contribution is 7.99. The zero-order valence-electron chi connectivity index (χ0n) is 17.9. The summed E-state index contributed by atoms with van der Waals surface area (Å²) in [6.45, 7) is 6.09. The van der Waals surface area contributed by atoms with Gasteiger partial charge < -0.3 is 15.4 Å². The van der Waals surface area contributed by atoms with E-state index in [9.17, 15) is 14.4 Å². The van der Waals surface area contributed by atoms with Crippen molar-refractivity contribution < 1.29 is 14.3 Å². The number of ether oxygens (including phenoxy) is 1. The zero-order valence-corrected chi connectivity index (χ0v) is 19.6. The van der Waals surface area contributed by atoms with Crippen molar-refractivity contribution in [2.24, 2.45) is 0 Å². The van der Waals surface area contributed by atoms with Crippen molar-refractivity contribution in [1.82, 2.24) is 20.2 Å². The normalized spacial score (nSPS) is 13.5. The number of carbonyl (C=O) groups excluding carboxylic acids is 2. The minimum atomic E-state index is -0.488. The molecule has 3 aromatic rings. The second kappa shape index (κ2) is 10.1. The maximum Gasteiger partial charge on any atom is 0.337 e. The summed E-state index contributed by atoms with van der Waals surface area (Å²) >= 11 is 2.68. The van der Waals surface area contributed by atoms with Gasteiger partial charge in [0, 0.05) is 28.9 Å². The molecule has 1 aliphatic rings. The molecule has 2 aromatic heterocycles. The molecule has 2 N–H and O–H groups in total. The Bertz CT molecular complexity index is 1310. The standard InChI is InChI=1S/C23H22N4O4S2/c1-3-10-27-20(28)18-16(14-8-6-5-7-9-14)12-32-19(18)26-23(27)33-13-17-15(21(29)31-4-2)11-24-22(30)25-17/h3,5-9,12H,1,4,10-11,13H2,2H3,(H2,24,25,30). The van der Waals surface area contributed by atoms with Crippen molar-refractivity contribution in [2.45, 2.75) is 18.6 Å². The van der Waals surface area contributed by atoms with Crippen molar-refractivity contribution in [3.8, 4) is 11.1 Å². The third-order valence-corrected chi connectivity index (χ3v) is 6.85. The number of thiophene rings is 1. The van der Waals surface area contributed by atoms with Crippen molar-refractivity contribution in [3.63, 3.8) is 0 Å². The van der Waals surface area contributed by atoms with E-state index in [0.29, 0.717) is 26.6 Å². The maximum atomic E-state index is 13.5. The Morgan fingerprint density at radius 3 is 2.85 bits per heavy atom. The van der Waals surface area contributed by atoms with Gasteiger partial charge in [-0.2, -0.15) is 0 Å². The number of nitrogens with one attached hydrogen (secondary N) is 2. The highest BCUT2D eigenvalue weighted by Crippen LogP contribution is 2.32. The molecule has 0 spiro atoms. The maximum absolute atomic E-state index is 13.5. The number of amides is 2. The van der Waals surface area contributed by atoms with Crippen molar-refractivity contribution in [1.29, 1.82) is 0 Å². The van der Waals surface area contributed by atoms with Crippen molar-refractivity contribution in [2.75, 3.05) is 18.9 Å². The number of aromatic nitrogens is 2.